The number of halogens is 1. The van der Waals surface area contributed by atoms with E-state index in [1.165, 1.54) is 24.3 Å². The van der Waals surface area contributed by atoms with E-state index in [9.17, 15) is 14.9 Å². The van der Waals surface area contributed by atoms with Gasteiger partial charge in [0.15, 0.2) is 0 Å². The molecule has 0 saturated carbocycles. The average Bonchev–Trinajstić information content (AvgIpc) is 2.38. The summed E-state index contributed by atoms with van der Waals surface area (Å²) in [5.41, 5.74) is 0.495. The number of hydrogen-bond donors (Lipinski definition) is 1. The zero-order valence-electron chi connectivity index (χ0n) is 10.5. The highest BCUT2D eigenvalue weighted by molar-refractivity contribution is 5.94. The first-order valence-electron chi connectivity index (χ1n) is 5.85. The van der Waals surface area contributed by atoms with Crippen LogP contribution in [0.5, 0.6) is 0 Å². The van der Waals surface area contributed by atoms with Crippen molar-refractivity contribution in [3.8, 4) is 0 Å². The van der Waals surface area contributed by atoms with Gasteiger partial charge >= 0.3 is 0 Å². The van der Waals surface area contributed by atoms with Gasteiger partial charge in [0.1, 0.15) is 0 Å². The number of rotatable bonds is 2. The Hall–Kier alpha value is -1.66. The summed E-state index contributed by atoms with van der Waals surface area (Å²) in [5.74, 6) is -0.0711. The van der Waals surface area contributed by atoms with Gasteiger partial charge in [-0.05, 0) is 19.1 Å². The third-order valence-corrected chi connectivity index (χ3v) is 2.98. The van der Waals surface area contributed by atoms with Crippen molar-refractivity contribution in [3.63, 3.8) is 0 Å². The molecule has 1 amide bonds. The molecular formula is C12H16ClN3O3. The van der Waals surface area contributed by atoms with Crippen molar-refractivity contribution in [2.45, 2.75) is 13.0 Å². The molecule has 1 saturated heterocycles. The minimum atomic E-state index is -0.471. The van der Waals surface area contributed by atoms with Crippen molar-refractivity contribution in [3.05, 3.63) is 39.9 Å². The largest absolute Gasteiger partial charge is 0.336 e. The molecule has 7 heteroatoms. The molecule has 19 heavy (non-hydrogen) atoms. The summed E-state index contributed by atoms with van der Waals surface area (Å²) in [5, 5.41) is 13.8. The van der Waals surface area contributed by atoms with Gasteiger partial charge < -0.3 is 10.2 Å². The summed E-state index contributed by atoms with van der Waals surface area (Å²) < 4.78 is 0. The second-order valence-corrected chi connectivity index (χ2v) is 4.41. The molecule has 1 N–H and O–H groups in total. The Morgan fingerprint density at radius 2 is 2.05 bits per heavy atom. The molecule has 0 aromatic heterocycles. The predicted octanol–water partition coefficient (Wildman–Crippen LogP) is 1.45. The van der Waals surface area contributed by atoms with E-state index in [4.69, 9.17) is 0 Å². The zero-order chi connectivity index (χ0) is 13.1. The van der Waals surface area contributed by atoms with Gasteiger partial charge in [-0.1, -0.05) is 0 Å². The van der Waals surface area contributed by atoms with Crippen LogP contribution in [-0.2, 0) is 0 Å². The standard InChI is InChI=1S/C12H15N3O3.ClH/c1-9-8-14(7-6-13-9)12(16)10-2-4-11(5-3-10)15(17)18;/h2-5,9,13H,6-8H2,1H3;1H/t9-;/m1./s1. The maximum atomic E-state index is 12.2. The van der Waals surface area contributed by atoms with E-state index in [0.717, 1.165) is 6.54 Å². The van der Waals surface area contributed by atoms with Crippen LogP contribution in [0.1, 0.15) is 17.3 Å². The van der Waals surface area contributed by atoms with Crippen molar-refractivity contribution in [2.75, 3.05) is 19.6 Å². The molecule has 2 rings (SSSR count). The van der Waals surface area contributed by atoms with E-state index >= 15 is 0 Å². The van der Waals surface area contributed by atoms with Gasteiger partial charge in [0.05, 0.1) is 4.92 Å². The number of non-ortho nitro benzene ring substituents is 1. The molecule has 0 aliphatic carbocycles. The maximum absolute atomic E-state index is 12.2. The molecule has 1 aliphatic heterocycles. The molecule has 104 valence electrons. The molecule has 6 nitrogen and oxygen atoms in total. The van der Waals surface area contributed by atoms with Crippen molar-refractivity contribution < 1.29 is 9.72 Å². The van der Waals surface area contributed by atoms with Crippen LogP contribution in [-0.4, -0.2) is 41.4 Å². The lowest BCUT2D eigenvalue weighted by Gasteiger charge is -2.31. The number of nitro benzene ring substituents is 1. The molecule has 1 aromatic carbocycles. The van der Waals surface area contributed by atoms with Crippen LogP contribution in [0.15, 0.2) is 24.3 Å². The van der Waals surface area contributed by atoms with Gasteiger partial charge in [0.25, 0.3) is 11.6 Å². The predicted molar refractivity (Wildman–Crippen MR) is 73.7 cm³/mol. The van der Waals surface area contributed by atoms with E-state index in [-0.39, 0.29) is 30.0 Å². The first kappa shape index (κ1) is 15.4. The highest BCUT2D eigenvalue weighted by Crippen LogP contribution is 2.14. The molecule has 1 heterocycles. The molecule has 1 aromatic rings. The monoisotopic (exact) mass is 285 g/mol. The lowest BCUT2D eigenvalue weighted by atomic mass is 10.1. The Labute approximate surface area is 117 Å². The average molecular weight is 286 g/mol. The fourth-order valence-electron chi connectivity index (χ4n) is 2.03. The van der Waals surface area contributed by atoms with E-state index in [0.29, 0.717) is 18.7 Å². The zero-order valence-corrected chi connectivity index (χ0v) is 11.4. The van der Waals surface area contributed by atoms with Crippen LogP contribution < -0.4 is 5.32 Å². The van der Waals surface area contributed by atoms with Crippen molar-refractivity contribution in [1.82, 2.24) is 10.2 Å². The summed E-state index contributed by atoms with van der Waals surface area (Å²) in [7, 11) is 0. The minimum Gasteiger partial charge on any atom is -0.336 e. The summed E-state index contributed by atoms with van der Waals surface area (Å²) in [4.78, 5) is 24.0. The SMILES string of the molecule is C[C@@H]1CN(C(=O)c2ccc([N+](=O)[O-])cc2)CCN1.Cl. The van der Waals surface area contributed by atoms with E-state index in [1.54, 1.807) is 4.90 Å². The highest BCUT2D eigenvalue weighted by atomic mass is 35.5. The topological polar surface area (TPSA) is 75.5 Å². The van der Waals surface area contributed by atoms with Crippen LogP contribution in [0.4, 0.5) is 5.69 Å². The van der Waals surface area contributed by atoms with Gasteiger partial charge in [0, 0.05) is 43.4 Å². The van der Waals surface area contributed by atoms with Crippen molar-refractivity contribution in [1.29, 1.82) is 0 Å². The van der Waals surface area contributed by atoms with Crippen LogP contribution >= 0.6 is 12.4 Å². The summed E-state index contributed by atoms with van der Waals surface area (Å²) in [6.07, 6.45) is 0. The molecule has 0 unspecified atom stereocenters. The Bertz CT molecular complexity index is 464. The maximum Gasteiger partial charge on any atom is 0.269 e. The molecule has 0 radical (unpaired) electrons. The third kappa shape index (κ3) is 3.65. The van der Waals surface area contributed by atoms with Crippen LogP contribution in [0.2, 0.25) is 0 Å². The number of piperazine rings is 1. The molecule has 1 atom stereocenters. The molecule has 0 bridgehead atoms. The Kier molecular flexibility index (Phi) is 5.26. The normalized spacial score (nSPS) is 18.6. The fourth-order valence-corrected chi connectivity index (χ4v) is 2.03. The fraction of sp³-hybridized carbons (Fsp3) is 0.417. The number of carbonyl (C=O) groups excluding carboxylic acids is 1. The van der Waals surface area contributed by atoms with Gasteiger partial charge in [-0.2, -0.15) is 0 Å². The Morgan fingerprint density at radius 1 is 1.42 bits per heavy atom. The van der Waals surface area contributed by atoms with E-state index in [1.807, 2.05) is 6.92 Å². The van der Waals surface area contributed by atoms with Gasteiger partial charge in [-0.25, -0.2) is 0 Å². The third-order valence-electron chi connectivity index (χ3n) is 2.98. The van der Waals surface area contributed by atoms with Crippen LogP contribution in [0, 0.1) is 10.1 Å². The second kappa shape index (κ2) is 6.49. The Balaban J connectivity index is 0.00000180. The Morgan fingerprint density at radius 3 is 2.58 bits per heavy atom. The van der Waals surface area contributed by atoms with Gasteiger partial charge in [-0.3, -0.25) is 14.9 Å². The number of carbonyl (C=O) groups is 1. The molecule has 0 spiro atoms. The first-order valence-corrected chi connectivity index (χ1v) is 5.85. The van der Waals surface area contributed by atoms with Gasteiger partial charge in [0.2, 0.25) is 0 Å². The number of amides is 1. The number of benzene rings is 1. The number of nitro groups is 1. The summed E-state index contributed by atoms with van der Waals surface area (Å²) in [6.45, 7) is 4.13. The molecule has 1 aliphatic rings. The number of nitrogens with zero attached hydrogens (tertiary/aromatic N) is 2. The van der Waals surface area contributed by atoms with E-state index in [2.05, 4.69) is 5.32 Å². The second-order valence-electron chi connectivity index (χ2n) is 4.41. The molecule has 1 fully saturated rings. The lowest BCUT2D eigenvalue weighted by Crippen LogP contribution is -2.51. The summed E-state index contributed by atoms with van der Waals surface area (Å²) >= 11 is 0. The summed E-state index contributed by atoms with van der Waals surface area (Å²) in [6, 6.07) is 6.01. The van der Waals surface area contributed by atoms with E-state index < -0.39 is 4.92 Å². The van der Waals surface area contributed by atoms with Crippen molar-refractivity contribution in [2.24, 2.45) is 0 Å². The van der Waals surface area contributed by atoms with Crippen LogP contribution in [0.25, 0.3) is 0 Å². The highest BCUT2D eigenvalue weighted by Gasteiger charge is 2.21. The lowest BCUT2D eigenvalue weighted by molar-refractivity contribution is -0.384. The van der Waals surface area contributed by atoms with Gasteiger partial charge in [-0.15, -0.1) is 12.4 Å². The number of nitrogens with one attached hydrogen (secondary N) is 1. The van der Waals surface area contributed by atoms with Crippen molar-refractivity contribution >= 4 is 24.0 Å². The van der Waals surface area contributed by atoms with Crippen LogP contribution in [0.3, 0.4) is 0 Å². The minimum absolute atomic E-state index is 0. The first-order chi connectivity index (χ1) is 8.58. The number of hydrogen-bond acceptors (Lipinski definition) is 4. The quantitative estimate of drug-likeness (QED) is 0.659. The smallest absolute Gasteiger partial charge is 0.269 e. The molecular weight excluding hydrogens is 270 g/mol.